The average Bonchev–Trinajstić information content (AvgIpc) is 2.91. The van der Waals surface area contributed by atoms with Crippen LogP contribution < -0.4 is 0 Å². The quantitative estimate of drug-likeness (QED) is 0.765. The summed E-state index contributed by atoms with van der Waals surface area (Å²) in [5.41, 5.74) is 2.11. The van der Waals surface area contributed by atoms with Crippen molar-refractivity contribution in [2.24, 2.45) is 0 Å². The van der Waals surface area contributed by atoms with Crippen LogP contribution in [0.15, 0.2) is 10.9 Å². The number of nitrogens with zero attached hydrogens (tertiary/aromatic N) is 4. The maximum Gasteiger partial charge on any atom is 0.273 e. The van der Waals surface area contributed by atoms with E-state index in [4.69, 9.17) is 0 Å². The van der Waals surface area contributed by atoms with Gasteiger partial charge < -0.3 is 9.80 Å². The highest BCUT2D eigenvalue weighted by Gasteiger charge is 2.33. The predicted molar refractivity (Wildman–Crippen MR) is 73.1 cm³/mol. The molecule has 1 aliphatic rings. The molecule has 2 amide bonds. The maximum absolute atomic E-state index is 12.2. The highest BCUT2D eigenvalue weighted by atomic mass is 32.1. The van der Waals surface area contributed by atoms with E-state index >= 15 is 0 Å². The van der Waals surface area contributed by atoms with E-state index in [-0.39, 0.29) is 17.9 Å². The van der Waals surface area contributed by atoms with E-state index in [1.807, 2.05) is 11.9 Å². The van der Waals surface area contributed by atoms with Crippen molar-refractivity contribution in [1.82, 2.24) is 19.7 Å². The van der Waals surface area contributed by atoms with Crippen molar-refractivity contribution < 1.29 is 9.59 Å². The number of aromatic nitrogens is 1. The highest BCUT2D eigenvalue weighted by Crippen LogP contribution is 2.13. The zero-order valence-corrected chi connectivity index (χ0v) is 12.2. The van der Waals surface area contributed by atoms with Crippen LogP contribution in [0.4, 0.5) is 0 Å². The van der Waals surface area contributed by atoms with Gasteiger partial charge in [0.25, 0.3) is 5.91 Å². The Kier molecular flexibility index (Phi) is 4.16. The number of thiazole rings is 1. The number of hydrogen-bond acceptors (Lipinski definition) is 5. The van der Waals surface area contributed by atoms with E-state index in [0.717, 1.165) is 0 Å². The van der Waals surface area contributed by atoms with Crippen LogP contribution in [0, 0.1) is 0 Å². The molecule has 1 aromatic heterocycles. The fourth-order valence-corrected chi connectivity index (χ4v) is 2.63. The lowest BCUT2D eigenvalue weighted by Gasteiger charge is -2.39. The monoisotopic (exact) mass is 282 g/mol. The first kappa shape index (κ1) is 14.0. The van der Waals surface area contributed by atoms with Crippen molar-refractivity contribution in [3.63, 3.8) is 0 Å². The molecule has 1 fully saturated rings. The van der Waals surface area contributed by atoms with Crippen molar-refractivity contribution in [1.29, 1.82) is 0 Å². The zero-order valence-electron chi connectivity index (χ0n) is 11.4. The van der Waals surface area contributed by atoms with Crippen LogP contribution in [0.5, 0.6) is 0 Å². The molecule has 2 rings (SSSR count). The zero-order chi connectivity index (χ0) is 14.0. The van der Waals surface area contributed by atoms with E-state index in [9.17, 15) is 9.59 Å². The van der Waals surface area contributed by atoms with Gasteiger partial charge >= 0.3 is 0 Å². The van der Waals surface area contributed by atoms with E-state index in [1.165, 1.54) is 11.3 Å². The molecule has 2 heterocycles. The van der Waals surface area contributed by atoms with Gasteiger partial charge in [-0.25, -0.2) is 4.98 Å². The summed E-state index contributed by atoms with van der Waals surface area (Å²) in [5, 5.41) is 1.74. The summed E-state index contributed by atoms with van der Waals surface area (Å²) in [6.07, 6.45) is 0. The minimum Gasteiger partial charge on any atom is -0.347 e. The lowest BCUT2D eigenvalue weighted by Crippen LogP contribution is -2.58. The summed E-state index contributed by atoms with van der Waals surface area (Å²) >= 11 is 1.40. The molecule has 0 bridgehead atoms. The molecule has 1 aromatic rings. The minimum absolute atomic E-state index is 0.0262. The molecule has 1 saturated heterocycles. The van der Waals surface area contributed by atoms with Gasteiger partial charge in [0.05, 0.1) is 5.51 Å². The number of carbonyl (C=O) groups is 2. The molecule has 0 aliphatic carbocycles. The molecule has 0 saturated carbocycles. The second-order valence-electron chi connectivity index (χ2n) is 4.85. The molecule has 0 radical (unpaired) electrons. The van der Waals surface area contributed by atoms with Crippen molar-refractivity contribution in [2.45, 2.75) is 6.04 Å². The molecular formula is C12H18N4O2S. The Morgan fingerprint density at radius 3 is 2.74 bits per heavy atom. The lowest BCUT2D eigenvalue weighted by molar-refractivity contribution is -0.135. The summed E-state index contributed by atoms with van der Waals surface area (Å²) in [6, 6.07) is -0.272. The van der Waals surface area contributed by atoms with Gasteiger partial charge in [0.2, 0.25) is 5.91 Å². The van der Waals surface area contributed by atoms with Gasteiger partial charge in [-0.1, -0.05) is 0 Å². The Morgan fingerprint density at radius 1 is 1.42 bits per heavy atom. The first-order valence-electron chi connectivity index (χ1n) is 6.09. The number of hydrogen-bond donors (Lipinski definition) is 0. The van der Waals surface area contributed by atoms with Crippen LogP contribution in [0.1, 0.15) is 10.5 Å². The standard InChI is InChI=1S/C12H18N4O2S/c1-14(2)12(18)10-6-16(5-4-15(10)3)11(17)9-7-19-8-13-9/h7-8,10H,4-6H2,1-3H3/t10-/m1/s1. The fraction of sp³-hybridized carbons (Fsp3) is 0.583. The molecule has 0 aromatic carbocycles. The number of likely N-dealkylation sites (N-methyl/N-ethyl adjacent to an activating group) is 2. The molecule has 1 atom stereocenters. The summed E-state index contributed by atoms with van der Waals surface area (Å²) in [5.74, 6) is -0.0656. The summed E-state index contributed by atoms with van der Waals surface area (Å²) in [7, 11) is 5.38. The highest BCUT2D eigenvalue weighted by molar-refractivity contribution is 7.07. The topological polar surface area (TPSA) is 56.8 Å². The Morgan fingerprint density at radius 2 is 2.16 bits per heavy atom. The normalized spacial score (nSPS) is 20.4. The maximum atomic E-state index is 12.2. The van der Waals surface area contributed by atoms with E-state index in [0.29, 0.717) is 25.3 Å². The van der Waals surface area contributed by atoms with Gasteiger partial charge in [0.1, 0.15) is 11.7 Å². The largest absolute Gasteiger partial charge is 0.347 e. The Bertz CT molecular complexity index is 460. The molecule has 1 aliphatic heterocycles. The summed E-state index contributed by atoms with van der Waals surface area (Å²) in [6.45, 7) is 1.74. The van der Waals surface area contributed by atoms with E-state index < -0.39 is 0 Å². The predicted octanol–water partition coefficient (Wildman–Crippen LogP) is -0.0125. The third-order valence-electron chi connectivity index (χ3n) is 3.31. The summed E-state index contributed by atoms with van der Waals surface area (Å²) in [4.78, 5) is 33.6. The smallest absolute Gasteiger partial charge is 0.273 e. The minimum atomic E-state index is -0.272. The molecule has 0 unspecified atom stereocenters. The first-order valence-corrected chi connectivity index (χ1v) is 7.04. The van der Waals surface area contributed by atoms with Crippen LogP contribution in [0.3, 0.4) is 0 Å². The van der Waals surface area contributed by atoms with Crippen LogP contribution in [0.2, 0.25) is 0 Å². The Labute approximate surface area is 116 Å². The molecule has 19 heavy (non-hydrogen) atoms. The van der Waals surface area contributed by atoms with Gasteiger partial charge in [-0.2, -0.15) is 0 Å². The second-order valence-corrected chi connectivity index (χ2v) is 5.57. The van der Waals surface area contributed by atoms with Crippen LogP contribution in [-0.4, -0.2) is 78.3 Å². The van der Waals surface area contributed by atoms with E-state index in [2.05, 4.69) is 4.98 Å². The Balaban J connectivity index is 2.09. The molecule has 104 valence electrons. The van der Waals surface area contributed by atoms with Gasteiger partial charge in [-0.3, -0.25) is 14.5 Å². The summed E-state index contributed by atoms with van der Waals surface area (Å²) < 4.78 is 0. The second kappa shape index (κ2) is 5.66. The third kappa shape index (κ3) is 2.93. The van der Waals surface area contributed by atoms with Gasteiger partial charge in [-0.05, 0) is 7.05 Å². The van der Waals surface area contributed by atoms with E-state index in [1.54, 1.807) is 34.8 Å². The van der Waals surface area contributed by atoms with Gasteiger partial charge in [-0.15, -0.1) is 11.3 Å². The average molecular weight is 282 g/mol. The van der Waals surface area contributed by atoms with Gasteiger partial charge in [0, 0.05) is 39.1 Å². The first-order chi connectivity index (χ1) is 9.00. The fourth-order valence-electron chi connectivity index (χ4n) is 2.10. The molecule has 7 heteroatoms. The number of rotatable bonds is 2. The van der Waals surface area contributed by atoms with Crippen molar-refractivity contribution in [3.8, 4) is 0 Å². The molecular weight excluding hydrogens is 264 g/mol. The van der Waals surface area contributed by atoms with Crippen molar-refractivity contribution >= 4 is 23.2 Å². The molecule has 0 spiro atoms. The third-order valence-corrected chi connectivity index (χ3v) is 3.90. The van der Waals surface area contributed by atoms with Crippen LogP contribution >= 0.6 is 11.3 Å². The van der Waals surface area contributed by atoms with Crippen LogP contribution in [0.25, 0.3) is 0 Å². The van der Waals surface area contributed by atoms with Gasteiger partial charge in [0.15, 0.2) is 0 Å². The number of amides is 2. The SMILES string of the molecule is CN(C)C(=O)[C@H]1CN(C(=O)c2cscn2)CCN1C. The molecule has 0 N–H and O–H groups in total. The van der Waals surface area contributed by atoms with Crippen molar-refractivity contribution in [2.75, 3.05) is 40.8 Å². The van der Waals surface area contributed by atoms with Crippen molar-refractivity contribution in [3.05, 3.63) is 16.6 Å². The van der Waals surface area contributed by atoms with Crippen LogP contribution in [-0.2, 0) is 4.79 Å². The lowest BCUT2D eigenvalue weighted by atomic mass is 10.1. The molecule has 6 nitrogen and oxygen atoms in total. The number of carbonyl (C=O) groups excluding carboxylic acids is 2. The Hall–Kier alpha value is -1.47. The number of piperazine rings is 1.